The molecule has 0 bridgehead atoms. The van der Waals surface area contributed by atoms with E-state index in [1.54, 1.807) is 42.5 Å². The molecule has 29 heavy (non-hydrogen) atoms. The van der Waals surface area contributed by atoms with Crippen molar-refractivity contribution in [2.45, 2.75) is 11.3 Å². The van der Waals surface area contributed by atoms with Crippen LogP contribution >= 0.6 is 24.0 Å². The van der Waals surface area contributed by atoms with Gasteiger partial charge in [0.2, 0.25) is 0 Å². The van der Waals surface area contributed by atoms with E-state index in [9.17, 15) is 8.42 Å². The maximum atomic E-state index is 12.5. The van der Waals surface area contributed by atoms with Crippen LogP contribution in [-0.4, -0.2) is 52.8 Å². The number of benzene rings is 2. The lowest BCUT2D eigenvalue weighted by Gasteiger charge is -2.26. The molecule has 0 aromatic heterocycles. The van der Waals surface area contributed by atoms with Crippen molar-refractivity contribution >= 4 is 39.9 Å². The molecule has 1 heterocycles. The Hall–Kier alpha value is -1.57. The van der Waals surface area contributed by atoms with Crippen molar-refractivity contribution in [3.8, 4) is 5.75 Å². The average molecular weight is 458 g/mol. The highest BCUT2D eigenvalue weighted by Gasteiger charge is 2.11. The van der Waals surface area contributed by atoms with E-state index in [4.69, 9.17) is 21.1 Å². The van der Waals surface area contributed by atoms with Crippen LogP contribution in [0, 0.1) is 0 Å². The number of halogens is 2. The summed E-state index contributed by atoms with van der Waals surface area (Å²) < 4.78 is 36.0. The van der Waals surface area contributed by atoms with Crippen LogP contribution in [0.1, 0.15) is 12.0 Å². The molecule has 0 amide bonds. The molecule has 8 heteroatoms. The van der Waals surface area contributed by atoms with Crippen molar-refractivity contribution < 1.29 is 17.9 Å². The SMILES string of the molecule is Cl.O=S(=O)(/C=C/c1ccccc1Cl)c1ccc(OCCCN2CCOCC2)cc1. The van der Waals surface area contributed by atoms with E-state index in [-0.39, 0.29) is 17.3 Å². The van der Waals surface area contributed by atoms with Gasteiger partial charge in [0.05, 0.1) is 24.7 Å². The van der Waals surface area contributed by atoms with Crippen LogP contribution in [-0.2, 0) is 14.6 Å². The first-order chi connectivity index (χ1) is 13.5. The van der Waals surface area contributed by atoms with E-state index in [2.05, 4.69) is 4.90 Å². The minimum atomic E-state index is -3.54. The van der Waals surface area contributed by atoms with Gasteiger partial charge in [-0.2, -0.15) is 0 Å². The summed E-state index contributed by atoms with van der Waals surface area (Å²) in [6.45, 7) is 5.09. The predicted molar refractivity (Wildman–Crippen MR) is 119 cm³/mol. The molecule has 2 aromatic rings. The summed E-state index contributed by atoms with van der Waals surface area (Å²) in [6, 6.07) is 13.6. The highest BCUT2D eigenvalue weighted by molar-refractivity contribution is 7.94. The number of rotatable bonds is 8. The van der Waals surface area contributed by atoms with Crippen LogP contribution in [0.15, 0.2) is 58.8 Å². The Labute approximate surface area is 183 Å². The normalized spacial score (nSPS) is 15.2. The molecule has 0 aliphatic carbocycles. The quantitative estimate of drug-likeness (QED) is 0.552. The molecule has 5 nitrogen and oxygen atoms in total. The summed E-state index contributed by atoms with van der Waals surface area (Å²) in [7, 11) is -3.54. The lowest BCUT2D eigenvalue weighted by molar-refractivity contribution is 0.0358. The van der Waals surface area contributed by atoms with Crippen LogP contribution in [0.25, 0.3) is 6.08 Å². The molecule has 1 fully saturated rings. The lowest BCUT2D eigenvalue weighted by Crippen LogP contribution is -2.37. The zero-order valence-corrected chi connectivity index (χ0v) is 18.4. The third-order valence-electron chi connectivity index (χ3n) is 4.48. The number of sulfone groups is 1. The van der Waals surface area contributed by atoms with E-state index >= 15 is 0 Å². The van der Waals surface area contributed by atoms with Crippen molar-refractivity contribution in [3.05, 3.63) is 64.5 Å². The van der Waals surface area contributed by atoms with E-state index in [0.29, 0.717) is 22.9 Å². The molecule has 1 aliphatic rings. The third-order valence-corrected chi connectivity index (χ3v) is 6.24. The van der Waals surface area contributed by atoms with Gasteiger partial charge in [-0.05, 0) is 48.4 Å². The minimum Gasteiger partial charge on any atom is -0.494 e. The molecule has 158 valence electrons. The van der Waals surface area contributed by atoms with Crippen LogP contribution in [0.4, 0.5) is 0 Å². The maximum Gasteiger partial charge on any atom is 0.199 e. The molecule has 0 atom stereocenters. The molecule has 1 saturated heterocycles. The summed E-state index contributed by atoms with van der Waals surface area (Å²) in [4.78, 5) is 2.57. The first kappa shape index (κ1) is 23.7. The van der Waals surface area contributed by atoms with Gasteiger partial charge in [-0.1, -0.05) is 29.8 Å². The fourth-order valence-electron chi connectivity index (χ4n) is 2.88. The summed E-state index contributed by atoms with van der Waals surface area (Å²) in [5.74, 6) is 0.663. The Bertz CT molecular complexity index is 895. The molecule has 0 unspecified atom stereocenters. The fourth-order valence-corrected chi connectivity index (χ4v) is 4.08. The average Bonchev–Trinajstić information content (AvgIpc) is 2.72. The zero-order valence-electron chi connectivity index (χ0n) is 16.0. The van der Waals surface area contributed by atoms with Gasteiger partial charge in [-0.15, -0.1) is 12.4 Å². The van der Waals surface area contributed by atoms with Gasteiger partial charge in [0.1, 0.15) is 5.75 Å². The Morgan fingerprint density at radius 1 is 1.07 bits per heavy atom. The monoisotopic (exact) mass is 457 g/mol. The van der Waals surface area contributed by atoms with E-state index in [1.165, 1.54) is 11.5 Å². The Balaban J connectivity index is 0.00000300. The molecule has 3 rings (SSSR count). The van der Waals surface area contributed by atoms with Crippen LogP contribution in [0.3, 0.4) is 0 Å². The van der Waals surface area contributed by atoms with Gasteiger partial charge in [-0.3, -0.25) is 4.90 Å². The third kappa shape index (κ3) is 7.32. The second-order valence-corrected chi connectivity index (χ2v) is 8.74. The summed E-state index contributed by atoms with van der Waals surface area (Å²) in [5, 5.41) is 1.68. The topological polar surface area (TPSA) is 55.8 Å². The molecule has 2 aromatic carbocycles. The number of nitrogens with zero attached hydrogens (tertiary/aromatic N) is 1. The second kappa shape index (κ2) is 11.6. The molecular weight excluding hydrogens is 433 g/mol. The van der Waals surface area contributed by atoms with Crippen molar-refractivity contribution in [2.75, 3.05) is 39.5 Å². The molecule has 0 N–H and O–H groups in total. The van der Waals surface area contributed by atoms with Crippen molar-refractivity contribution in [3.63, 3.8) is 0 Å². The second-order valence-electron chi connectivity index (χ2n) is 6.50. The number of ether oxygens (including phenoxy) is 2. The first-order valence-electron chi connectivity index (χ1n) is 9.25. The first-order valence-corrected chi connectivity index (χ1v) is 11.2. The molecule has 0 spiro atoms. The predicted octanol–water partition coefficient (Wildman–Crippen LogP) is 4.31. The molecule has 1 aliphatic heterocycles. The van der Waals surface area contributed by atoms with Gasteiger partial charge in [0.15, 0.2) is 9.84 Å². The Morgan fingerprint density at radius 2 is 1.76 bits per heavy atom. The zero-order chi connectivity index (χ0) is 19.8. The lowest BCUT2D eigenvalue weighted by atomic mass is 10.2. The van der Waals surface area contributed by atoms with Gasteiger partial charge < -0.3 is 9.47 Å². The van der Waals surface area contributed by atoms with Gasteiger partial charge in [0.25, 0.3) is 0 Å². The van der Waals surface area contributed by atoms with Crippen LogP contribution < -0.4 is 4.74 Å². The largest absolute Gasteiger partial charge is 0.494 e. The number of hydrogen-bond donors (Lipinski definition) is 0. The number of hydrogen-bond acceptors (Lipinski definition) is 5. The smallest absolute Gasteiger partial charge is 0.199 e. The standard InChI is InChI=1S/C21H24ClNO4S.ClH/c22-21-5-2-1-4-18(21)10-17-28(24,25)20-8-6-19(7-9-20)27-14-3-11-23-12-15-26-16-13-23;/h1-2,4-10,17H,3,11-16H2;1H/b17-10+;. The van der Waals surface area contributed by atoms with E-state index in [0.717, 1.165) is 39.3 Å². The van der Waals surface area contributed by atoms with Crippen LogP contribution in [0.5, 0.6) is 5.75 Å². The van der Waals surface area contributed by atoms with Crippen LogP contribution in [0.2, 0.25) is 5.02 Å². The maximum absolute atomic E-state index is 12.5. The summed E-state index contributed by atoms with van der Waals surface area (Å²) in [6.07, 6.45) is 2.42. The van der Waals surface area contributed by atoms with E-state index < -0.39 is 9.84 Å². The highest BCUT2D eigenvalue weighted by atomic mass is 35.5. The molecule has 0 radical (unpaired) electrons. The van der Waals surface area contributed by atoms with Gasteiger partial charge in [-0.25, -0.2) is 8.42 Å². The van der Waals surface area contributed by atoms with Gasteiger partial charge >= 0.3 is 0 Å². The van der Waals surface area contributed by atoms with Crippen molar-refractivity contribution in [1.82, 2.24) is 4.90 Å². The van der Waals surface area contributed by atoms with Gasteiger partial charge in [0, 0.05) is 30.1 Å². The molecule has 0 saturated carbocycles. The Morgan fingerprint density at radius 3 is 2.45 bits per heavy atom. The summed E-state index contributed by atoms with van der Waals surface area (Å²) >= 11 is 6.06. The van der Waals surface area contributed by atoms with Crippen molar-refractivity contribution in [1.29, 1.82) is 0 Å². The fraction of sp³-hybridized carbons (Fsp3) is 0.333. The highest BCUT2D eigenvalue weighted by Crippen LogP contribution is 2.21. The van der Waals surface area contributed by atoms with Crippen molar-refractivity contribution in [2.24, 2.45) is 0 Å². The van der Waals surface area contributed by atoms with E-state index in [1.807, 2.05) is 6.07 Å². The Kier molecular flexibility index (Phi) is 9.46. The minimum absolute atomic E-state index is 0. The summed E-state index contributed by atoms with van der Waals surface area (Å²) in [5.41, 5.74) is 0.660. The molecular formula is C21H25Cl2NO4S. The number of morpholine rings is 1.